The molecule has 4 N–H and O–H groups in total. The first kappa shape index (κ1) is 26.3. The number of hydrogen-bond acceptors (Lipinski definition) is 7. The van der Waals surface area contributed by atoms with Gasteiger partial charge in [0.05, 0.1) is 13.1 Å². The number of carboxylic acid groups (broad SMARTS) is 1. The highest BCUT2D eigenvalue weighted by Gasteiger charge is 2.41. The number of benzene rings is 2. The van der Waals surface area contributed by atoms with Gasteiger partial charge < -0.3 is 25.1 Å². The topological polar surface area (TPSA) is 164 Å². The summed E-state index contributed by atoms with van der Waals surface area (Å²) in [4.78, 5) is 40.4. The fourth-order valence-corrected chi connectivity index (χ4v) is 6.29. The van der Waals surface area contributed by atoms with Crippen LogP contribution in [-0.2, 0) is 24.2 Å². The number of nitrogens with one attached hydrogen (secondary N) is 3. The van der Waals surface area contributed by atoms with Gasteiger partial charge in [-0.05, 0) is 29.8 Å². The van der Waals surface area contributed by atoms with Crippen molar-refractivity contribution in [3.63, 3.8) is 0 Å². The van der Waals surface area contributed by atoms with Crippen molar-refractivity contribution in [1.82, 2.24) is 20.1 Å². The Balaban J connectivity index is 1.79. The molecule has 2 heterocycles. The number of rotatable bonds is 8. The Bertz CT molecular complexity index is 1490. The van der Waals surface area contributed by atoms with Crippen molar-refractivity contribution in [2.24, 2.45) is 0 Å². The van der Waals surface area contributed by atoms with Gasteiger partial charge in [0.1, 0.15) is 28.6 Å². The smallest absolute Gasteiger partial charge is 0.327 e. The summed E-state index contributed by atoms with van der Waals surface area (Å²) in [6.45, 7) is -0.558. The van der Waals surface area contributed by atoms with E-state index in [2.05, 4.69) is 10.3 Å². The van der Waals surface area contributed by atoms with Gasteiger partial charge in [0.15, 0.2) is 0 Å². The molecule has 1 amide bonds. The van der Waals surface area contributed by atoms with Crippen LogP contribution in [0.2, 0.25) is 5.02 Å². The average Bonchev–Trinajstić information content (AvgIpc) is 3.28. The molecule has 0 spiro atoms. The molecule has 0 bridgehead atoms. The molecular formula is C24H24ClN5O6S. The van der Waals surface area contributed by atoms with Gasteiger partial charge in [-0.1, -0.05) is 35.9 Å². The minimum absolute atomic E-state index is 0.0153. The van der Waals surface area contributed by atoms with E-state index in [4.69, 9.17) is 17.0 Å². The number of aromatic nitrogens is 1. The number of amidine groups is 1. The second-order valence-corrected chi connectivity index (χ2v) is 11.1. The molecule has 1 aliphatic rings. The predicted molar refractivity (Wildman–Crippen MR) is 136 cm³/mol. The summed E-state index contributed by atoms with van der Waals surface area (Å²) < 4.78 is 28.0. The van der Waals surface area contributed by atoms with Crippen LogP contribution in [0.4, 0.5) is 0 Å². The minimum atomic E-state index is -4.22. The highest BCUT2D eigenvalue weighted by Crippen LogP contribution is 2.35. The number of aldehydes is 1. The fraction of sp³-hybridized carbons (Fsp3) is 0.250. The first-order valence-electron chi connectivity index (χ1n) is 11.1. The molecule has 13 heteroatoms. The van der Waals surface area contributed by atoms with Crippen LogP contribution in [0.5, 0.6) is 0 Å². The van der Waals surface area contributed by atoms with Crippen LogP contribution >= 0.6 is 11.6 Å². The molecule has 3 aromatic rings. The van der Waals surface area contributed by atoms with Crippen LogP contribution in [-0.4, -0.2) is 85.0 Å². The number of H-pyrrole nitrogens is 1. The Hall–Kier alpha value is -3.74. The standard InChI is InChI=1S/C24H24ClN5O6S/c1-29(8-9-31)22(26)14-2-4-15(5-3-14)23(30-12-19(24(33)34)27-20(32)13-30)37(35,36)21-11-16-10-17(25)6-7-18(16)28-21/h2-7,9-11,19,23,26,28H,8,12-13H2,1H3,(H,27,32)(H,33,34)/t19-,23?/m1/s1. The molecular weight excluding hydrogens is 522 g/mol. The molecule has 2 aromatic carbocycles. The molecule has 37 heavy (non-hydrogen) atoms. The molecule has 0 aliphatic carbocycles. The first-order chi connectivity index (χ1) is 17.5. The van der Waals surface area contributed by atoms with Crippen molar-refractivity contribution >= 4 is 56.3 Å². The Morgan fingerprint density at radius 3 is 2.62 bits per heavy atom. The maximum atomic E-state index is 14.0. The van der Waals surface area contributed by atoms with Crippen LogP contribution in [0.25, 0.3) is 10.9 Å². The second-order valence-electron chi connectivity index (χ2n) is 8.67. The van der Waals surface area contributed by atoms with E-state index in [0.29, 0.717) is 27.8 Å². The molecule has 1 aliphatic heterocycles. The van der Waals surface area contributed by atoms with E-state index in [1.165, 1.54) is 28.0 Å². The van der Waals surface area contributed by atoms with Gasteiger partial charge in [-0.25, -0.2) is 13.2 Å². The van der Waals surface area contributed by atoms with E-state index >= 15 is 0 Å². The summed E-state index contributed by atoms with van der Waals surface area (Å²) in [7, 11) is -2.63. The maximum absolute atomic E-state index is 14.0. The van der Waals surface area contributed by atoms with E-state index in [1.807, 2.05) is 0 Å². The quantitative estimate of drug-likeness (QED) is 0.188. The largest absolute Gasteiger partial charge is 0.480 e. The Labute approximate surface area is 217 Å². The van der Waals surface area contributed by atoms with Gasteiger partial charge >= 0.3 is 5.97 Å². The summed E-state index contributed by atoms with van der Waals surface area (Å²) in [5.41, 5.74) is 1.28. The van der Waals surface area contributed by atoms with Crippen molar-refractivity contribution < 1.29 is 27.9 Å². The van der Waals surface area contributed by atoms with Gasteiger partial charge in [0.2, 0.25) is 15.7 Å². The van der Waals surface area contributed by atoms with Crippen molar-refractivity contribution in [2.45, 2.75) is 16.4 Å². The van der Waals surface area contributed by atoms with E-state index in [1.54, 1.807) is 37.4 Å². The molecule has 1 saturated heterocycles. The number of aliphatic carboxylic acids is 1. The van der Waals surface area contributed by atoms with Crippen molar-refractivity contribution in [3.8, 4) is 0 Å². The third kappa shape index (κ3) is 5.36. The van der Waals surface area contributed by atoms with E-state index < -0.39 is 33.1 Å². The third-order valence-corrected chi connectivity index (χ3v) is 8.31. The predicted octanol–water partition coefficient (Wildman–Crippen LogP) is 1.63. The molecule has 0 radical (unpaired) electrons. The summed E-state index contributed by atoms with van der Waals surface area (Å²) in [6, 6.07) is 11.2. The van der Waals surface area contributed by atoms with Crippen LogP contribution in [0, 0.1) is 5.41 Å². The number of piperazine rings is 1. The lowest BCUT2D eigenvalue weighted by Crippen LogP contribution is -2.58. The Morgan fingerprint density at radius 1 is 1.27 bits per heavy atom. The number of halogens is 1. The lowest BCUT2D eigenvalue weighted by molar-refractivity contribution is -0.145. The van der Waals surface area contributed by atoms with E-state index in [0.717, 1.165) is 0 Å². The molecule has 194 valence electrons. The zero-order valence-electron chi connectivity index (χ0n) is 19.6. The van der Waals surface area contributed by atoms with Crippen LogP contribution in [0.1, 0.15) is 16.5 Å². The van der Waals surface area contributed by atoms with Gasteiger partial charge in [0.25, 0.3) is 0 Å². The number of amides is 1. The van der Waals surface area contributed by atoms with Gasteiger partial charge in [-0.3, -0.25) is 15.1 Å². The third-order valence-electron chi connectivity index (χ3n) is 6.09. The number of aromatic amines is 1. The lowest BCUT2D eigenvalue weighted by atomic mass is 10.1. The molecule has 1 aromatic heterocycles. The zero-order valence-corrected chi connectivity index (χ0v) is 21.2. The van der Waals surface area contributed by atoms with Crippen molar-refractivity contribution in [3.05, 3.63) is 64.7 Å². The number of hydrogen-bond donors (Lipinski definition) is 4. The number of likely N-dealkylation sites (N-methyl/N-ethyl adjacent to an activating group) is 1. The van der Waals surface area contributed by atoms with Crippen LogP contribution < -0.4 is 5.32 Å². The molecule has 4 rings (SSSR count). The van der Waals surface area contributed by atoms with Gasteiger partial charge in [-0.15, -0.1) is 0 Å². The summed E-state index contributed by atoms with van der Waals surface area (Å²) in [6.07, 6.45) is 0.666. The lowest BCUT2D eigenvalue weighted by Gasteiger charge is -2.36. The number of nitrogens with zero attached hydrogens (tertiary/aromatic N) is 2. The van der Waals surface area contributed by atoms with Crippen molar-refractivity contribution in [2.75, 3.05) is 26.7 Å². The van der Waals surface area contributed by atoms with Crippen molar-refractivity contribution in [1.29, 1.82) is 5.41 Å². The summed E-state index contributed by atoms with van der Waals surface area (Å²) >= 11 is 6.05. The van der Waals surface area contributed by atoms with Crippen LogP contribution in [0.3, 0.4) is 0 Å². The summed E-state index contributed by atoms with van der Waals surface area (Å²) in [5, 5.41) is 19.6. The Kier molecular flexibility index (Phi) is 7.35. The van der Waals surface area contributed by atoms with Crippen LogP contribution in [0.15, 0.2) is 53.6 Å². The highest BCUT2D eigenvalue weighted by molar-refractivity contribution is 7.91. The SMILES string of the molecule is CN(CC=O)C(=N)c1ccc(C(N2CC(=O)N[C@@H](C(=O)O)C2)S(=O)(=O)c2cc3cc(Cl)ccc3[nH]2)cc1. The molecule has 1 unspecified atom stereocenters. The number of carboxylic acids is 1. The molecule has 2 atom stereocenters. The monoisotopic (exact) mass is 545 g/mol. The zero-order chi connectivity index (χ0) is 26.9. The normalized spacial score (nSPS) is 17.2. The van der Waals surface area contributed by atoms with Gasteiger partial charge in [-0.2, -0.15) is 0 Å². The fourth-order valence-electron chi connectivity index (χ4n) is 4.25. The van der Waals surface area contributed by atoms with E-state index in [9.17, 15) is 27.9 Å². The van der Waals surface area contributed by atoms with Gasteiger partial charge in [0, 0.05) is 35.1 Å². The minimum Gasteiger partial charge on any atom is -0.480 e. The number of carbonyl (C=O) groups is 3. The maximum Gasteiger partial charge on any atom is 0.327 e. The second kappa shape index (κ2) is 10.3. The number of sulfone groups is 1. The molecule has 11 nitrogen and oxygen atoms in total. The summed E-state index contributed by atoms with van der Waals surface area (Å²) in [5.74, 6) is -1.83. The Morgan fingerprint density at radius 2 is 1.97 bits per heavy atom. The first-order valence-corrected chi connectivity index (χ1v) is 13.1. The number of carbonyl (C=O) groups excluding carboxylic acids is 2. The molecule has 0 saturated carbocycles. The highest BCUT2D eigenvalue weighted by atomic mass is 35.5. The number of fused-ring (bicyclic) bond motifs is 1. The molecule has 1 fully saturated rings. The van der Waals surface area contributed by atoms with E-state index in [-0.39, 0.29) is 36.1 Å². The average molecular weight is 546 g/mol.